The van der Waals surface area contributed by atoms with Crippen LogP contribution < -0.4 is 4.90 Å². The van der Waals surface area contributed by atoms with E-state index in [2.05, 4.69) is 140 Å². The maximum atomic E-state index is 8.95. The average molecular weight is 685 g/mol. The maximum Gasteiger partial charge on any atom is 0.145 e. The molecular weight excluding hydrogens is 643 g/mol. The van der Waals surface area contributed by atoms with Gasteiger partial charge in [-0.15, -0.1) is 0 Å². The van der Waals surface area contributed by atoms with E-state index in [1.807, 2.05) is 36.4 Å². The zero-order valence-corrected chi connectivity index (χ0v) is 29.4. The Morgan fingerprint density at radius 2 is 1.08 bits per heavy atom. The molecule has 0 N–H and O–H groups in total. The highest BCUT2D eigenvalue weighted by Gasteiger charge is 2.36. The molecule has 9 aromatic rings. The van der Waals surface area contributed by atoms with Crippen LogP contribution in [0.2, 0.25) is 0 Å². The van der Waals surface area contributed by atoms with Crippen molar-refractivity contribution in [2.45, 2.75) is 19.3 Å². The van der Waals surface area contributed by atoms with Crippen molar-refractivity contribution >= 4 is 39.0 Å². The fourth-order valence-electron chi connectivity index (χ4n) is 8.12. The third kappa shape index (κ3) is 5.10. The Morgan fingerprint density at radius 3 is 1.77 bits per heavy atom. The number of fused-ring (bicyclic) bond motifs is 6. The lowest BCUT2D eigenvalue weighted by Crippen LogP contribution is -2.14. The van der Waals surface area contributed by atoms with Crippen molar-refractivity contribution in [2.24, 2.45) is 0 Å². The highest BCUT2D eigenvalue weighted by molar-refractivity contribution is 6.18. The van der Waals surface area contributed by atoms with Crippen LogP contribution in [0.3, 0.4) is 0 Å². The van der Waals surface area contributed by atoms with Gasteiger partial charge >= 0.3 is 0 Å². The van der Waals surface area contributed by atoms with Crippen LogP contribution in [0.1, 0.15) is 31.8 Å². The number of hydrogen-bond donors (Lipinski definition) is 0. The van der Waals surface area contributed by atoms with E-state index in [0.29, 0.717) is 16.7 Å². The van der Waals surface area contributed by atoms with Crippen LogP contribution in [0.15, 0.2) is 192 Å². The molecule has 0 fully saturated rings. The molecule has 0 saturated carbocycles. The second-order valence-electron chi connectivity index (χ2n) is 14.2. The van der Waals surface area contributed by atoms with Crippen molar-refractivity contribution in [1.29, 1.82) is 0 Å². The molecule has 0 radical (unpaired) electrons. The van der Waals surface area contributed by atoms with E-state index < -0.39 is 6.04 Å². The predicted octanol–water partition coefficient (Wildman–Crippen LogP) is 14.4. The largest absolute Gasteiger partial charge is 0.455 e. The Hall–Kier alpha value is -6.64. The van der Waals surface area contributed by atoms with Crippen molar-refractivity contribution in [3.63, 3.8) is 0 Å². The molecule has 10 rings (SSSR count). The van der Waals surface area contributed by atoms with E-state index in [1.54, 1.807) is 0 Å². The van der Waals surface area contributed by atoms with Gasteiger partial charge in [0.05, 0.1) is 17.9 Å². The Morgan fingerprint density at radius 1 is 0.491 bits per heavy atom. The minimum absolute atomic E-state index is 0.105. The van der Waals surface area contributed by atoms with Gasteiger partial charge in [-0.05, 0) is 98.6 Å². The molecule has 1 heterocycles. The van der Waals surface area contributed by atoms with E-state index in [0.717, 1.165) is 55.7 Å². The molecule has 0 saturated heterocycles. The average Bonchev–Trinajstić information content (AvgIpc) is 3.75. The third-order valence-electron chi connectivity index (χ3n) is 10.8. The number of nitrogens with zero attached hydrogens (tertiary/aromatic N) is 1. The molecule has 8 aromatic carbocycles. The van der Waals surface area contributed by atoms with Gasteiger partial charge in [0.15, 0.2) is 0 Å². The van der Waals surface area contributed by atoms with Gasteiger partial charge in [-0.2, -0.15) is 0 Å². The van der Waals surface area contributed by atoms with Gasteiger partial charge in [-0.25, -0.2) is 0 Å². The van der Waals surface area contributed by atoms with Gasteiger partial charge in [-0.1, -0.05) is 153 Å². The third-order valence-corrected chi connectivity index (χ3v) is 10.8. The van der Waals surface area contributed by atoms with Gasteiger partial charge in [0.2, 0.25) is 0 Å². The minimum Gasteiger partial charge on any atom is -0.455 e. The number of anilines is 3. The van der Waals surface area contributed by atoms with E-state index in [1.165, 1.54) is 16.7 Å². The lowest BCUT2D eigenvalue weighted by Gasteiger charge is -2.27. The molecule has 252 valence electrons. The van der Waals surface area contributed by atoms with Crippen LogP contribution in [0.25, 0.3) is 66.4 Å². The van der Waals surface area contributed by atoms with Crippen molar-refractivity contribution in [3.8, 4) is 44.5 Å². The fourth-order valence-corrected chi connectivity index (χ4v) is 8.12. The first-order valence-corrected chi connectivity index (χ1v) is 17.9. The molecule has 0 bridgehead atoms. The molecule has 2 heteroatoms. The molecular formula is C51H37NO. The minimum atomic E-state index is -0.431. The number of benzene rings is 8. The predicted molar refractivity (Wildman–Crippen MR) is 222 cm³/mol. The molecule has 1 aromatic heterocycles. The van der Waals surface area contributed by atoms with Gasteiger partial charge < -0.3 is 9.32 Å². The molecule has 0 aliphatic heterocycles. The molecule has 0 spiro atoms. The van der Waals surface area contributed by atoms with Crippen molar-refractivity contribution in [2.75, 3.05) is 4.90 Å². The zero-order chi connectivity index (χ0) is 39.9. The first-order chi connectivity index (χ1) is 28.1. The fraction of sp³-hybridized carbons (Fsp3) is 0.0588. The standard InChI is InChI=1S/C51H37NO/c1-51(2)45-21-13-12-20-42(45)43-32-44-48(33-46(43)51)53-50-41(38-16-8-4-9-17-38)30-31-47(49(44)50)52(39-18-10-5-11-19-39)40-28-26-37(27-29-40)36-24-22-35(23-25-36)34-14-6-3-7-15-34/h3-33H,1-2H3/i4D,8D,9D,16D,17D. The Bertz CT molecular complexity index is 3030. The van der Waals surface area contributed by atoms with Crippen LogP contribution in [0.5, 0.6) is 0 Å². The summed E-state index contributed by atoms with van der Waals surface area (Å²) in [7, 11) is 0. The molecule has 1 aliphatic rings. The normalized spacial score (nSPS) is 14.2. The van der Waals surface area contributed by atoms with Crippen LogP contribution in [-0.2, 0) is 5.41 Å². The van der Waals surface area contributed by atoms with E-state index >= 15 is 0 Å². The lowest BCUT2D eigenvalue weighted by atomic mass is 9.82. The van der Waals surface area contributed by atoms with E-state index in [9.17, 15) is 0 Å². The van der Waals surface area contributed by atoms with Crippen molar-refractivity contribution in [3.05, 3.63) is 199 Å². The summed E-state index contributed by atoms with van der Waals surface area (Å²) in [4.78, 5) is 2.20. The highest BCUT2D eigenvalue weighted by Crippen LogP contribution is 2.53. The monoisotopic (exact) mass is 684 g/mol. The van der Waals surface area contributed by atoms with Crippen LogP contribution >= 0.6 is 0 Å². The SMILES string of the molecule is [2H]c1c([2H])c([2H])c(-c2ccc(N(c3ccccc3)c3ccc(-c4ccc(-c5ccccc5)cc4)cc3)c3c2oc2cc4c(cc23)-c2ccccc2C4(C)C)c([2H])c1[2H]. The zero-order valence-electron chi connectivity index (χ0n) is 34.4. The summed E-state index contributed by atoms with van der Waals surface area (Å²) in [5.41, 5.74) is 13.3. The molecule has 0 amide bonds. The molecule has 2 nitrogen and oxygen atoms in total. The molecule has 1 aliphatic carbocycles. The summed E-state index contributed by atoms with van der Waals surface area (Å²) in [6, 6.07) is 52.6. The number of para-hydroxylation sites is 1. The summed E-state index contributed by atoms with van der Waals surface area (Å²) in [5.74, 6) is 0. The van der Waals surface area contributed by atoms with Crippen molar-refractivity contribution < 1.29 is 11.3 Å². The number of rotatable bonds is 6. The van der Waals surface area contributed by atoms with Crippen LogP contribution in [0, 0.1) is 0 Å². The van der Waals surface area contributed by atoms with E-state index in [4.69, 9.17) is 11.3 Å². The Balaban J connectivity index is 1.20. The second-order valence-corrected chi connectivity index (χ2v) is 14.2. The van der Waals surface area contributed by atoms with Crippen molar-refractivity contribution in [1.82, 2.24) is 0 Å². The van der Waals surface area contributed by atoms with Gasteiger partial charge in [-0.3, -0.25) is 0 Å². The van der Waals surface area contributed by atoms with Gasteiger partial charge in [0.1, 0.15) is 11.2 Å². The van der Waals surface area contributed by atoms with E-state index in [-0.39, 0.29) is 35.1 Å². The van der Waals surface area contributed by atoms with Gasteiger partial charge in [0.25, 0.3) is 0 Å². The summed E-state index contributed by atoms with van der Waals surface area (Å²) in [6.07, 6.45) is 0. The molecule has 0 atom stereocenters. The number of hydrogen-bond acceptors (Lipinski definition) is 2. The van der Waals surface area contributed by atoms with Crippen LogP contribution in [-0.4, -0.2) is 0 Å². The maximum absolute atomic E-state index is 8.95. The summed E-state index contributed by atoms with van der Waals surface area (Å²) in [6.45, 7) is 4.46. The lowest BCUT2D eigenvalue weighted by molar-refractivity contribution is 0.648. The Labute approximate surface area is 317 Å². The first kappa shape index (κ1) is 26.2. The summed E-state index contributed by atoms with van der Waals surface area (Å²) < 4.78 is 50.1. The highest BCUT2D eigenvalue weighted by atomic mass is 16.3. The molecule has 0 unspecified atom stereocenters. The van der Waals surface area contributed by atoms with Crippen LogP contribution in [0.4, 0.5) is 17.1 Å². The van der Waals surface area contributed by atoms with Gasteiger partial charge in [0, 0.05) is 27.7 Å². The summed E-state index contributed by atoms with van der Waals surface area (Å²) >= 11 is 0. The Kier molecular flexibility index (Phi) is 6.05. The smallest absolute Gasteiger partial charge is 0.145 e. The quantitative estimate of drug-likeness (QED) is 0.173. The topological polar surface area (TPSA) is 16.4 Å². The number of furan rings is 1. The first-order valence-electron chi connectivity index (χ1n) is 20.4. The molecule has 53 heavy (non-hydrogen) atoms. The summed E-state index contributed by atoms with van der Waals surface area (Å²) in [5, 5.41) is 1.66. The second kappa shape index (κ2) is 12.3.